The highest BCUT2D eigenvalue weighted by Crippen LogP contribution is 2.45. The lowest BCUT2D eigenvalue weighted by Crippen LogP contribution is -2.30. The summed E-state index contributed by atoms with van der Waals surface area (Å²) in [5.74, 6) is 0.335. The molecule has 0 saturated carbocycles. The van der Waals surface area contributed by atoms with Crippen LogP contribution in [0.4, 0.5) is 0 Å². The Morgan fingerprint density at radius 3 is 0.752 bits per heavy atom. The van der Waals surface area contributed by atoms with E-state index in [0.29, 0.717) is 25.7 Å². The zero-order valence-electron chi connectivity index (χ0n) is 66.4. The predicted octanol–water partition coefficient (Wildman–Crippen LogP) is 24.5. The molecule has 0 aliphatic heterocycles. The quantitative estimate of drug-likeness (QED) is 0.0222. The number of esters is 4. The van der Waals surface area contributed by atoms with E-state index in [1.54, 1.807) is 0 Å². The molecule has 6 atom stereocenters. The van der Waals surface area contributed by atoms with Crippen LogP contribution in [-0.4, -0.2) is 96.7 Å². The average molecular weight is 1480 g/mol. The van der Waals surface area contributed by atoms with Crippen molar-refractivity contribution in [3.63, 3.8) is 0 Å². The second-order valence-corrected chi connectivity index (χ2v) is 33.6. The maximum atomic E-state index is 13.1. The molecule has 0 radical (unpaired) electrons. The average Bonchev–Trinajstić information content (AvgIpc) is 0.943. The van der Waals surface area contributed by atoms with Crippen LogP contribution < -0.4 is 0 Å². The topological polar surface area (TPSA) is 237 Å². The zero-order valence-corrected chi connectivity index (χ0v) is 68.2. The minimum Gasteiger partial charge on any atom is -0.462 e. The van der Waals surface area contributed by atoms with Crippen LogP contribution in [0.25, 0.3) is 0 Å². The molecule has 101 heavy (non-hydrogen) atoms. The molecular weight excluding hydrogens is 1320 g/mol. The lowest BCUT2D eigenvalue weighted by atomic mass is 9.99. The molecule has 3 N–H and O–H groups in total. The first-order chi connectivity index (χ1) is 48.8. The second kappa shape index (κ2) is 72.3. The molecule has 0 aromatic rings. The summed E-state index contributed by atoms with van der Waals surface area (Å²) < 4.78 is 68.6. The van der Waals surface area contributed by atoms with Crippen molar-refractivity contribution in [3.8, 4) is 0 Å². The number of phosphoric acid groups is 2. The van der Waals surface area contributed by atoms with Crippen LogP contribution in [0.1, 0.15) is 427 Å². The van der Waals surface area contributed by atoms with E-state index < -0.39 is 97.5 Å². The Morgan fingerprint density at radius 1 is 0.287 bits per heavy atom. The predicted molar refractivity (Wildman–Crippen MR) is 414 cm³/mol. The number of phosphoric ester groups is 2. The van der Waals surface area contributed by atoms with Crippen molar-refractivity contribution in [3.05, 3.63) is 0 Å². The minimum atomic E-state index is -4.96. The maximum absolute atomic E-state index is 13.1. The number of carbonyl (C=O) groups is 4. The van der Waals surface area contributed by atoms with Gasteiger partial charge in [0.25, 0.3) is 0 Å². The molecule has 0 fully saturated rings. The molecular formula is C82H160O17P2. The van der Waals surface area contributed by atoms with E-state index in [2.05, 4.69) is 48.5 Å². The Labute approximate surface area is 619 Å². The van der Waals surface area contributed by atoms with Gasteiger partial charge >= 0.3 is 39.5 Å². The van der Waals surface area contributed by atoms with E-state index in [9.17, 15) is 43.2 Å². The lowest BCUT2D eigenvalue weighted by molar-refractivity contribution is -0.161. The smallest absolute Gasteiger partial charge is 0.462 e. The van der Waals surface area contributed by atoms with Gasteiger partial charge in [-0.25, -0.2) is 9.13 Å². The molecule has 0 amide bonds. The third kappa shape index (κ3) is 74.7. The van der Waals surface area contributed by atoms with Gasteiger partial charge < -0.3 is 33.8 Å². The van der Waals surface area contributed by atoms with Gasteiger partial charge in [-0.15, -0.1) is 0 Å². The van der Waals surface area contributed by atoms with Gasteiger partial charge in [0.15, 0.2) is 12.2 Å². The molecule has 0 aromatic carbocycles. The van der Waals surface area contributed by atoms with E-state index in [-0.39, 0.29) is 25.7 Å². The van der Waals surface area contributed by atoms with Gasteiger partial charge in [0, 0.05) is 25.7 Å². The maximum Gasteiger partial charge on any atom is 0.472 e. The monoisotopic (exact) mass is 1480 g/mol. The molecule has 0 rings (SSSR count). The summed E-state index contributed by atoms with van der Waals surface area (Å²) in [6, 6.07) is 0. The Balaban J connectivity index is 5.17. The first kappa shape index (κ1) is 99.1. The fourth-order valence-electron chi connectivity index (χ4n) is 12.6. The number of rotatable bonds is 80. The largest absolute Gasteiger partial charge is 0.472 e. The normalized spacial score (nSPS) is 14.2. The number of aliphatic hydroxyl groups is 1. The zero-order chi connectivity index (χ0) is 74.4. The summed E-state index contributed by atoms with van der Waals surface area (Å²) in [5, 5.41) is 10.6. The van der Waals surface area contributed by atoms with E-state index >= 15 is 0 Å². The van der Waals surface area contributed by atoms with E-state index in [1.807, 2.05) is 0 Å². The van der Waals surface area contributed by atoms with Crippen molar-refractivity contribution in [2.45, 2.75) is 446 Å². The lowest BCUT2D eigenvalue weighted by Gasteiger charge is -2.21. The molecule has 0 aromatic heterocycles. The Kier molecular flexibility index (Phi) is 70.9. The highest BCUT2D eigenvalue weighted by molar-refractivity contribution is 7.47. The molecule has 0 bridgehead atoms. The summed E-state index contributed by atoms with van der Waals surface area (Å²) in [7, 11) is -9.92. The van der Waals surface area contributed by atoms with Gasteiger partial charge in [0.1, 0.15) is 19.3 Å². The first-order valence-electron chi connectivity index (χ1n) is 42.4. The SMILES string of the molecule is CCCCCCCCCC(=O)OC[C@H](COP(=O)(O)OC[C@H](O)COP(=O)(O)OC[C@@H](COC(=O)CCCCCCCCCCCCCCCC(C)C)OC(=O)CCCCCCCCCCCCCCCCCCCCC(C)CC)OC(=O)CCCCCCCCCCCCCCCC(C)C. The summed E-state index contributed by atoms with van der Waals surface area (Å²) in [6.45, 7) is 12.0. The molecule has 19 heteroatoms. The molecule has 3 unspecified atom stereocenters. The van der Waals surface area contributed by atoms with Crippen molar-refractivity contribution < 1.29 is 80.2 Å². The number of ether oxygens (including phenoxy) is 4. The van der Waals surface area contributed by atoms with Gasteiger partial charge in [-0.2, -0.15) is 0 Å². The molecule has 0 aliphatic rings. The fraction of sp³-hybridized carbons (Fsp3) is 0.951. The van der Waals surface area contributed by atoms with Gasteiger partial charge in [-0.3, -0.25) is 37.3 Å². The molecule has 0 saturated heterocycles. The van der Waals surface area contributed by atoms with Gasteiger partial charge in [-0.1, -0.05) is 376 Å². The van der Waals surface area contributed by atoms with Gasteiger partial charge in [0.2, 0.25) is 0 Å². The van der Waals surface area contributed by atoms with Crippen LogP contribution >= 0.6 is 15.6 Å². The third-order valence-electron chi connectivity index (χ3n) is 19.5. The third-order valence-corrected chi connectivity index (χ3v) is 21.4. The van der Waals surface area contributed by atoms with E-state index in [0.717, 1.165) is 120 Å². The molecule has 0 spiro atoms. The number of hydrogen-bond acceptors (Lipinski definition) is 15. The Morgan fingerprint density at radius 2 is 0.505 bits per heavy atom. The second-order valence-electron chi connectivity index (χ2n) is 30.7. The summed E-state index contributed by atoms with van der Waals surface area (Å²) in [5.41, 5.74) is 0. The van der Waals surface area contributed by atoms with E-state index in [1.165, 1.54) is 225 Å². The highest BCUT2D eigenvalue weighted by Gasteiger charge is 2.30. The van der Waals surface area contributed by atoms with Gasteiger partial charge in [0.05, 0.1) is 26.4 Å². The first-order valence-corrected chi connectivity index (χ1v) is 45.4. The fourth-order valence-corrected chi connectivity index (χ4v) is 14.2. The number of aliphatic hydroxyl groups excluding tert-OH is 1. The Hall–Kier alpha value is -1.94. The minimum absolute atomic E-state index is 0.107. The van der Waals surface area contributed by atoms with Crippen molar-refractivity contribution in [1.29, 1.82) is 0 Å². The van der Waals surface area contributed by atoms with Crippen LogP contribution in [0.15, 0.2) is 0 Å². The number of hydrogen-bond donors (Lipinski definition) is 3. The molecule has 17 nitrogen and oxygen atoms in total. The van der Waals surface area contributed by atoms with Gasteiger partial charge in [-0.05, 0) is 43.4 Å². The van der Waals surface area contributed by atoms with Crippen molar-refractivity contribution in [2.24, 2.45) is 17.8 Å². The van der Waals surface area contributed by atoms with Crippen LogP contribution in [0.5, 0.6) is 0 Å². The van der Waals surface area contributed by atoms with E-state index in [4.69, 9.17) is 37.0 Å². The van der Waals surface area contributed by atoms with Crippen LogP contribution in [-0.2, 0) is 65.4 Å². The molecule has 0 heterocycles. The standard InChI is InChI=1S/C82H160O17P2/c1-8-10-11-12-39-49-56-63-79(84)92-69-77(98-81(86)66-59-52-45-38-32-26-20-22-28-34-41-47-54-61-74(5)6)71-96-100(88,89)94-67-76(83)68-95-101(90,91)97-72-78(70-93-80(85)64-57-50-43-36-30-25-19-21-27-33-40-46-53-60-73(3)4)99-82(87)65-58-51-44-37-31-24-18-16-14-13-15-17-23-29-35-42-48-55-62-75(7)9-2/h73-78,83H,8-72H2,1-7H3,(H,88,89)(H,90,91)/t75?,76-,77+,78+/m0/s1. The number of carbonyl (C=O) groups excluding carboxylic acids is 4. The number of unbranched alkanes of at least 4 members (excludes halogenated alkanes) is 47. The van der Waals surface area contributed by atoms with Crippen molar-refractivity contribution in [2.75, 3.05) is 39.6 Å². The van der Waals surface area contributed by atoms with Crippen LogP contribution in [0, 0.1) is 17.8 Å². The summed E-state index contributed by atoms with van der Waals surface area (Å²) >= 11 is 0. The van der Waals surface area contributed by atoms with Crippen LogP contribution in [0.2, 0.25) is 0 Å². The highest BCUT2D eigenvalue weighted by atomic mass is 31.2. The molecule has 600 valence electrons. The van der Waals surface area contributed by atoms with Crippen molar-refractivity contribution >= 4 is 39.5 Å². The summed E-state index contributed by atoms with van der Waals surface area (Å²) in [4.78, 5) is 72.9. The Bertz CT molecular complexity index is 1960. The molecule has 0 aliphatic carbocycles. The van der Waals surface area contributed by atoms with Crippen LogP contribution in [0.3, 0.4) is 0 Å². The van der Waals surface area contributed by atoms with Crippen molar-refractivity contribution in [1.82, 2.24) is 0 Å². The summed E-state index contributed by atoms with van der Waals surface area (Å²) in [6.07, 6.45) is 61.2.